The SMILES string of the molecule is CCOC1CC(NCCN(CC)CC)C12CCCCC2. The molecule has 2 aliphatic rings. The van der Waals surface area contributed by atoms with Crippen LogP contribution in [0.2, 0.25) is 0 Å². The van der Waals surface area contributed by atoms with E-state index < -0.39 is 0 Å². The minimum atomic E-state index is 0.470. The highest BCUT2D eigenvalue weighted by Gasteiger charge is 2.55. The van der Waals surface area contributed by atoms with Gasteiger partial charge in [0.25, 0.3) is 0 Å². The Kier molecular flexibility index (Phi) is 6.31. The first-order chi connectivity index (χ1) is 9.76. The van der Waals surface area contributed by atoms with Crippen molar-refractivity contribution in [1.29, 1.82) is 0 Å². The summed E-state index contributed by atoms with van der Waals surface area (Å²) in [6, 6.07) is 0.704. The summed E-state index contributed by atoms with van der Waals surface area (Å²) >= 11 is 0. The van der Waals surface area contributed by atoms with Gasteiger partial charge in [0.1, 0.15) is 0 Å². The van der Waals surface area contributed by atoms with Gasteiger partial charge in [-0.1, -0.05) is 33.1 Å². The van der Waals surface area contributed by atoms with E-state index in [0.717, 1.165) is 26.2 Å². The van der Waals surface area contributed by atoms with Crippen molar-refractivity contribution in [3.63, 3.8) is 0 Å². The highest BCUT2D eigenvalue weighted by atomic mass is 16.5. The smallest absolute Gasteiger partial charge is 0.0661 e. The fourth-order valence-electron chi connectivity index (χ4n) is 4.29. The van der Waals surface area contributed by atoms with Gasteiger partial charge in [-0.05, 0) is 39.3 Å². The summed E-state index contributed by atoms with van der Waals surface area (Å²) < 4.78 is 6.02. The molecule has 0 aromatic heterocycles. The Labute approximate surface area is 125 Å². The predicted octanol–water partition coefficient (Wildman–Crippen LogP) is 3.05. The minimum absolute atomic E-state index is 0.470. The van der Waals surface area contributed by atoms with Crippen LogP contribution in [0.3, 0.4) is 0 Å². The van der Waals surface area contributed by atoms with E-state index in [2.05, 4.69) is 31.0 Å². The van der Waals surface area contributed by atoms with E-state index >= 15 is 0 Å². The predicted molar refractivity (Wildman–Crippen MR) is 85.1 cm³/mol. The standard InChI is InChI=1S/C17H34N2O/c1-4-19(5-2)13-12-18-15-14-16(20-6-3)17(15)10-8-7-9-11-17/h15-16,18H,4-14H2,1-3H3. The Morgan fingerprint density at radius 1 is 1.10 bits per heavy atom. The first kappa shape index (κ1) is 16.3. The first-order valence-electron chi connectivity index (χ1n) is 8.84. The molecule has 0 aromatic carbocycles. The van der Waals surface area contributed by atoms with Crippen molar-refractivity contribution in [3.8, 4) is 0 Å². The van der Waals surface area contributed by atoms with E-state index in [9.17, 15) is 0 Å². The van der Waals surface area contributed by atoms with Gasteiger partial charge in [0.15, 0.2) is 0 Å². The molecule has 0 aliphatic heterocycles. The molecule has 3 nitrogen and oxygen atoms in total. The molecule has 1 spiro atoms. The topological polar surface area (TPSA) is 24.5 Å². The highest BCUT2D eigenvalue weighted by Crippen LogP contribution is 2.53. The van der Waals surface area contributed by atoms with Gasteiger partial charge in [-0.15, -0.1) is 0 Å². The maximum atomic E-state index is 6.02. The molecule has 0 aromatic rings. The van der Waals surface area contributed by atoms with Crippen LogP contribution in [0.1, 0.15) is 59.3 Å². The van der Waals surface area contributed by atoms with Gasteiger partial charge < -0.3 is 15.0 Å². The highest BCUT2D eigenvalue weighted by molar-refractivity contribution is 5.08. The second-order valence-electron chi connectivity index (χ2n) is 6.51. The Morgan fingerprint density at radius 3 is 2.40 bits per heavy atom. The molecule has 118 valence electrons. The van der Waals surface area contributed by atoms with E-state index in [-0.39, 0.29) is 0 Å². The molecule has 0 saturated heterocycles. The molecule has 2 saturated carbocycles. The second-order valence-corrected chi connectivity index (χ2v) is 6.51. The summed E-state index contributed by atoms with van der Waals surface area (Å²) in [5.74, 6) is 0. The molecule has 2 unspecified atom stereocenters. The Hall–Kier alpha value is -0.120. The number of hydrogen-bond acceptors (Lipinski definition) is 3. The molecule has 2 atom stereocenters. The van der Waals surface area contributed by atoms with Crippen LogP contribution in [0.15, 0.2) is 0 Å². The van der Waals surface area contributed by atoms with Crippen molar-refractivity contribution in [1.82, 2.24) is 10.2 Å². The first-order valence-corrected chi connectivity index (χ1v) is 8.84. The molecule has 1 N–H and O–H groups in total. The number of hydrogen-bond donors (Lipinski definition) is 1. The lowest BCUT2D eigenvalue weighted by Crippen LogP contribution is -2.65. The number of ether oxygens (including phenoxy) is 1. The van der Waals surface area contributed by atoms with E-state index in [1.54, 1.807) is 0 Å². The third-order valence-corrected chi connectivity index (χ3v) is 5.65. The molecule has 0 bridgehead atoms. The van der Waals surface area contributed by atoms with Crippen LogP contribution < -0.4 is 5.32 Å². The monoisotopic (exact) mass is 282 g/mol. The van der Waals surface area contributed by atoms with Gasteiger partial charge in [0.05, 0.1) is 6.10 Å². The van der Waals surface area contributed by atoms with Crippen LogP contribution in [0.5, 0.6) is 0 Å². The van der Waals surface area contributed by atoms with E-state index in [0.29, 0.717) is 17.6 Å². The van der Waals surface area contributed by atoms with Gasteiger partial charge in [0.2, 0.25) is 0 Å². The van der Waals surface area contributed by atoms with E-state index in [1.807, 2.05) is 0 Å². The van der Waals surface area contributed by atoms with Gasteiger partial charge in [-0.3, -0.25) is 0 Å². The summed E-state index contributed by atoms with van der Waals surface area (Å²) in [7, 11) is 0. The molecule has 0 radical (unpaired) electrons. The number of rotatable bonds is 8. The summed E-state index contributed by atoms with van der Waals surface area (Å²) in [5, 5.41) is 3.85. The molecular formula is C17H34N2O. The van der Waals surface area contributed by atoms with Crippen LogP contribution >= 0.6 is 0 Å². The number of nitrogens with zero attached hydrogens (tertiary/aromatic N) is 1. The second kappa shape index (κ2) is 7.77. The largest absolute Gasteiger partial charge is 0.378 e. The van der Waals surface area contributed by atoms with Crippen molar-refractivity contribution < 1.29 is 4.74 Å². The molecule has 2 aliphatic carbocycles. The molecule has 0 amide bonds. The van der Waals surface area contributed by atoms with Gasteiger partial charge in [-0.2, -0.15) is 0 Å². The lowest BCUT2D eigenvalue weighted by Gasteiger charge is -2.58. The van der Waals surface area contributed by atoms with Crippen LogP contribution in [0.25, 0.3) is 0 Å². The van der Waals surface area contributed by atoms with Crippen molar-refractivity contribution in [2.45, 2.75) is 71.4 Å². The Morgan fingerprint density at radius 2 is 1.80 bits per heavy atom. The molecular weight excluding hydrogens is 248 g/mol. The van der Waals surface area contributed by atoms with Crippen LogP contribution in [-0.2, 0) is 4.74 Å². The van der Waals surface area contributed by atoms with Gasteiger partial charge in [0, 0.05) is 31.2 Å². The quantitative estimate of drug-likeness (QED) is 0.740. The van der Waals surface area contributed by atoms with Crippen LogP contribution in [0, 0.1) is 5.41 Å². The number of likely N-dealkylation sites (N-methyl/N-ethyl adjacent to an activating group) is 1. The third-order valence-electron chi connectivity index (χ3n) is 5.65. The fourth-order valence-corrected chi connectivity index (χ4v) is 4.29. The molecule has 0 heterocycles. The van der Waals surface area contributed by atoms with E-state index in [1.165, 1.54) is 45.1 Å². The molecule has 20 heavy (non-hydrogen) atoms. The van der Waals surface area contributed by atoms with Crippen molar-refractivity contribution in [2.24, 2.45) is 5.41 Å². The zero-order valence-corrected chi connectivity index (χ0v) is 13.8. The summed E-state index contributed by atoms with van der Waals surface area (Å²) in [6.45, 7) is 12.1. The third kappa shape index (κ3) is 3.37. The van der Waals surface area contributed by atoms with Crippen molar-refractivity contribution in [3.05, 3.63) is 0 Å². The van der Waals surface area contributed by atoms with Crippen LogP contribution in [-0.4, -0.2) is 49.8 Å². The lowest BCUT2D eigenvalue weighted by atomic mass is 9.55. The summed E-state index contributed by atoms with van der Waals surface area (Å²) in [5.41, 5.74) is 0.470. The average Bonchev–Trinajstić information content (AvgIpc) is 2.50. The van der Waals surface area contributed by atoms with Crippen LogP contribution in [0.4, 0.5) is 0 Å². The minimum Gasteiger partial charge on any atom is -0.378 e. The zero-order valence-electron chi connectivity index (χ0n) is 13.8. The van der Waals surface area contributed by atoms with Crippen molar-refractivity contribution in [2.75, 3.05) is 32.8 Å². The summed E-state index contributed by atoms with van der Waals surface area (Å²) in [4.78, 5) is 2.50. The molecule has 3 heteroatoms. The zero-order chi connectivity index (χ0) is 14.4. The van der Waals surface area contributed by atoms with Gasteiger partial charge >= 0.3 is 0 Å². The molecule has 2 fully saturated rings. The average molecular weight is 282 g/mol. The normalized spacial score (nSPS) is 28.8. The maximum absolute atomic E-state index is 6.02. The maximum Gasteiger partial charge on any atom is 0.0661 e. The lowest BCUT2D eigenvalue weighted by molar-refractivity contribution is -0.150. The Bertz CT molecular complexity index is 272. The number of nitrogens with one attached hydrogen (secondary N) is 1. The summed E-state index contributed by atoms with van der Waals surface area (Å²) in [6.07, 6.45) is 8.73. The molecule has 2 rings (SSSR count). The van der Waals surface area contributed by atoms with Crippen molar-refractivity contribution >= 4 is 0 Å². The van der Waals surface area contributed by atoms with E-state index in [4.69, 9.17) is 4.74 Å². The van der Waals surface area contributed by atoms with Gasteiger partial charge in [-0.25, -0.2) is 0 Å². The Balaban J connectivity index is 1.82. The fraction of sp³-hybridized carbons (Fsp3) is 1.00.